The van der Waals surface area contributed by atoms with Crippen LogP contribution < -0.4 is 5.32 Å². The summed E-state index contributed by atoms with van der Waals surface area (Å²) in [4.78, 5) is 2.45. The first-order chi connectivity index (χ1) is 5.73. The Morgan fingerprint density at radius 2 is 1.92 bits per heavy atom. The van der Waals surface area contributed by atoms with Crippen molar-refractivity contribution in [2.75, 3.05) is 26.7 Å². The molecule has 0 aromatic heterocycles. The highest BCUT2D eigenvalue weighted by Crippen LogP contribution is 2.40. The molecule has 0 aromatic rings. The maximum Gasteiger partial charge on any atom is 0.00966 e. The summed E-state index contributed by atoms with van der Waals surface area (Å²) in [5, 5.41) is 3.58. The highest BCUT2D eigenvalue weighted by molar-refractivity contribution is 4.97. The minimum Gasteiger partial charge on any atom is -0.314 e. The summed E-state index contributed by atoms with van der Waals surface area (Å²) in [7, 11) is 2.24. The Morgan fingerprint density at radius 3 is 2.42 bits per heavy atom. The van der Waals surface area contributed by atoms with Gasteiger partial charge in [0.1, 0.15) is 0 Å². The first-order valence-electron chi connectivity index (χ1n) is 5.15. The van der Waals surface area contributed by atoms with Crippen molar-refractivity contribution < 1.29 is 0 Å². The van der Waals surface area contributed by atoms with Gasteiger partial charge in [-0.05, 0) is 58.3 Å². The van der Waals surface area contributed by atoms with E-state index in [1.54, 1.807) is 0 Å². The van der Waals surface area contributed by atoms with Crippen LogP contribution in [0.25, 0.3) is 0 Å². The molecule has 2 heterocycles. The maximum atomic E-state index is 3.58. The molecule has 0 aromatic carbocycles. The zero-order chi connectivity index (χ0) is 8.60. The molecule has 0 bridgehead atoms. The van der Waals surface area contributed by atoms with Crippen molar-refractivity contribution >= 4 is 0 Å². The summed E-state index contributed by atoms with van der Waals surface area (Å²) in [5.41, 5.74) is 0.659. The van der Waals surface area contributed by atoms with Gasteiger partial charge >= 0.3 is 0 Å². The van der Waals surface area contributed by atoms with Gasteiger partial charge in [0.15, 0.2) is 0 Å². The van der Waals surface area contributed by atoms with E-state index in [1.807, 2.05) is 0 Å². The molecule has 0 amide bonds. The lowest BCUT2D eigenvalue weighted by Gasteiger charge is -2.40. The zero-order valence-electron chi connectivity index (χ0n) is 8.27. The van der Waals surface area contributed by atoms with Crippen LogP contribution in [0.2, 0.25) is 0 Å². The number of hydrogen-bond acceptors (Lipinski definition) is 2. The zero-order valence-corrected chi connectivity index (χ0v) is 8.27. The molecule has 2 fully saturated rings. The summed E-state index contributed by atoms with van der Waals surface area (Å²) in [5.74, 6) is 0. The molecule has 0 radical (unpaired) electrons. The molecular weight excluding hydrogens is 148 g/mol. The SMILES string of the molecule is C[C@H]1NCCC12CCN(C)CC2. The first kappa shape index (κ1) is 8.52. The van der Waals surface area contributed by atoms with Crippen LogP contribution in [0, 0.1) is 5.41 Å². The fourth-order valence-corrected chi connectivity index (χ4v) is 2.72. The van der Waals surface area contributed by atoms with Crippen molar-refractivity contribution in [3.8, 4) is 0 Å². The van der Waals surface area contributed by atoms with Crippen LogP contribution in [0.4, 0.5) is 0 Å². The third-order valence-electron chi connectivity index (χ3n) is 3.97. The van der Waals surface area contributed by atoms with Crippen LogP contribution in [-0.4, -0.2) is 37.6 Å². The smallest absolute Gasteiger partial charge is 0.00966 e. The van der Waals surface area contributed by atoms with Crippen LogP contribution in [0.5, 0.6) is 0 Å². The van der Waals surface area contributed by atoms with Crippen LogP contribution >= 0.6 is 0 Å². The second-order valence-corrected chi connectivity index (χ2v) is 4.59. The second kappa shape index (κ2) is 3.00. The van der Waals surface area contributed by atoms with E-state index in [2.05, 4.69) is 24.2 Å². The van der Waals surface area contributed by atoms with Gasteiger partial charge in [-0.3, -0.25) is 0 Å². The summed E-state index contributed by atoms with van der Waals surface area (Å²) in [6.45, 7) is 6.20. The summed E-state index contributed by atoms with van der Waals surface area (Å²) >= 11 is 0. The van der Waals surface area contributed by atoms with Gasteiger partial charge in [-0.2, -0.15) is 0 Å². The molecule has 2 rings (SSSR count). The van der Waals surface area contributed by atoms with Crippen molar-refractivity contribution in [1.82, 2.24) is 10.2 Å². The molecule has 2 aliphatic rings. The van der Waals surface area contributed by atoms with E-state index in [0.717, 1.165) is 6.04 Å². The molecule has 2 heteroatoms. The van der Waals surface area contributed by atoms with Crippen LogP contribution in [0.3, 0.4) is 0 Å². The molecular formula is C10H20N2. The number of nitrogens with one attached hydrogen (secondary N) is 1. The topological polar surface area (TPSA) is 15.3 Å². The average Bonchev–Trinajstić information content (AvgIpc) is 2.41. The van der Waals surface area contributed by atoms with Gasteiger partial charge in [0.2, 0.25) is 0 Å². The van der Waals surface area contributed by atoms with Crippen molar-refractivity contribution in [2.24, 2.45) is 5.41 Å². The van der Waals surface area contributed by atoms with E-state index in [-0.39, 0.29) is 0 Å². The van der Waals surface area contributed by atoms with E-state index >= 15 is 0 Å². The minimum atomic E-state index is 0.659. The average molecular weight is 168 g/mol. The Balaban J connectivity index is 2.02. The molecule has 0 saturated carbocycles. The molecule has 2 aliphatic heterocycles. The lowest BCUT2D eigenvalue weighted by atomic mass is 9.73. The number of likely N-dealkylation sites (tertiary alicyclic amines) is 1. The predicted octanol–water partition coefficient (Wildman–Crippen LogP) is 1.08. The molecule has 1 N–H and O–H groups in total. The standard InChI is InChI=1S/C10H20N2/c1-9-10(3-6-11-9)4-7-12(2)8-5-10/h9,11H,3-8H2,1-2H3/t9-/m1/s1. The monoisotopic (exact) mass is 168 g/mol. The van der Waals surface area contributed by atoms with E-state index in [4.69, 9.17) is 0 Å². The van der Waals surface area contributed by atoms with E-state index in [0.29, 0.717) is 5.41 Å². The summed E-state index contributed by atoms with van der Waals surface area (Å²) in [6, 6.07) is 0.756. The normalized spacial score (nSPS) is 36.0. The predicted molar refractivity (Wildman–Crippen MR) is 51.2 cm³/mol. The van der Waals surface area contributed by atoms with Crippen molar-refractivity contribution in [3.63, 3.8) is 0 Å². The Labute approximate surface area is 75.3 Å². The van der Waals surface area contributed by atoms with Gasteiger partial charge in [-0.25, -0.2) is 0 Å². The fourth-order valence-electron chi connectivity index (χ4n) is 2.72. The first-order valence-corrected chi connectivity index (χ1v) is 5.15. The van der Waals surface area contributed by atoms with Gasteiger partial charge in [0, 0.05) is 6.04 Å². The molecule has 1 atom stereocenters. The quantitative estimate of drug-likeness (QED) is 0.582. The Hall–Kier alpha value is -0.0800. The van der Waals surface area contributed by atoms with Gasteiger partial charge in [-0.15, -0.1) is 0 Å². The lowest BCUT2D eigenvalue weighted by Crippen LogP contribution is -2.43. The number of nitrogens with zero attached hydrogens (tertiary/aromatic N) is 1. The molecule has 2 nitrogen and oxygen atoms in total. The maximum absolute atomic E-state index is 3.58. The van der Waals surface area contributed by atoms with Crippen molar-refractivity contribution in [3.05, 3.63) is 0 Å². The Kier molecular flexibility index (Phi) is 2.13. The van der Waals surface area contributed by atoms with E-state index in [1.165, 1.54) is 38.9 Å². The van der Waals surface area contributed by atoms with E-state index < -0.39 is 0 Å². The summed E-state index contributed by atoms with van der Waals surface area (Å²) < 4.78 is 0. The molecule has 2 saturated heterocycles. The van der Waals surface area contributed by atoms with Crippen molar-refractivity contribution in [1.29, 1.82) is 0 Å². The van der Waals surface area contributed by atoms with Gasteiger partial charge in [0.25, 0.3) is 0 Å². The van der Waals surface area contributed by atoms with Gasteiger partial charge < -0.3 is 10.2 Å². The number of rotatable bonds is 0. The highest BCUT2D eigenvalue weighted by Gasteiger charge is 2.41. The summed E-state index contributed by atoms with van der Waals surface area (Å²) in [6.07, 6.45) is 4.21. The molecule has 0 aliphatic carbocycles. The Bertz CT molecular complexity index is 159. The third-order valence-corrected chi connectivity index (χ3v) is 3.97. The lowest BCUT2D eigenvalue weighted by molar-refractivity contribution is 0.113. The number of hydrogen-bond donors (Lipinski definition) is 1. The third kappa shape index (κ3) is 1.27. The second-order valence-electron chi connectivity index (χ2n) is 4.59. The fraction of sp³-hybridized carbons (Fsp3) is 1.00. The minimum absolute atomic E-state index is 0.659. The molecule has 70 valence electrons. The highest BCUT2D eigenvalue weighted by atomic mass is 15.1. The van der Waals surface area contributed by atoms with Gasteiger partial charge in [0.05, 0.1) is 0 Å². The van der Waals surface area contributed by atoms with Crippen LogP contribution in [0.1, 0.15) is 26.2 Å². The van der Waals surface area contributed by atoms with Crippen LogP contribution in [0.15, 0.2) is 0 Å². The molecule has 12 heavy (non-hydrogen) atoms. The van der Waals surface area contributed by atoms with Crippen LogP contribution in [-0.2, 0) is 0 Å². The molecule has 1 spiro atoms. The largest absolute Gasteiger partial charge is 0.314 e. The van der Waals surface area contributed by atoms with Gasteiger partial charge in [-0.1, -0.05) is 0 Å². The van der Waals surface area contributed by atoms with Crippen molar-refractivity contribution in [2.45, 2.75) is 32.2 Å². The van der Waals surface area contributed by atoms with E-state index in [9.17, 15) is 0 Å². The Morgan fingerprint density at radius 1 is 1.25 bits per heavy atom. The molecule has 0 unspecified atom stereocenters. The number of piperidine rings is 1.